The van der Waals surface area contributed by atoms with Crippen LogP contribution in [0.2, 0.25) is 0 Å². The second-order valence-corrected chi connectivity index (χ2v) is 9.80. The molecule has 0 fully saturated rings. The summed E-state index contributed by atoms with van der Waals surface area (Å²) in [5.41, 5.74) is 0.144. The summed E-state index contributed by atoms with van der Waals surface area (Å²) in [7, 11) is 3.58. The van der Waals surface area contributed by atoms with E-state index in [-0.39, 0.29) is 10.6 Å². The SMILES string of the molecule is O=[N+]([O-])c1cc2ccc3cccc4ccc(c1)c2c34.c1ccc(SSc2ccccc2)cc1. The summed E-state index contributed by atoms with van der Waals surface area (Å²) < 4.78 is 0. The normalized spacial score (nSPS) is 10.9. The Morgan fingerprint density at radius 2 is 0.939 bits per heavy atom. The number of hydrogen-bond acceptors (Lipinski definition) is 4. The third-order valence-electron chi connectivity index (χ3n) is 5.38. The molecule has 0 aliphatic rings. The highest BCUT2D eigenvalue weighted by molar-refractivity contribution is 8.76. The lowest BCUT2D eigenvalue weighted by Crippen LogP contribution is -1.89. The lowest BCUT2D eigenvalue weighted by Gasteiger charge is -2.10. The van der Waals surface area contributed by atoms with E-state index in [4.69, 9.17) is 0 Å². The molecule has 6 rings (SSSR count). The number of benzene rings is 6. The molecule has 0 aromatic heterocycles. The molecule has 0 spiro atoms. The minimum atomic E-state index is -0.339. The van der Waals surface area contributed by atoms with E-state index in [1.807, 2.05) is 42.5 Å². The van der Waals surface area contributed by atoms with Crippen LogP contribution in [-0.2, 0) is 0 Å². The first-order valence-corrected chi connectivity index (χ1v) is 12.6. The van der Waals surface area contributed by atoms with Gasteiger partial charge in [-0.3, -0.25) is 10.1 Å². The highest BCUT2D eigenvalue weighted by Crippen LogP contribution is 2.37. The van der Waals surface area contributed by atoms with E-state index >= 15 is 0 Å². The van der Waals surface area contributed by atoms with Gasteiger partial charge in [0.15, 0.2) is 0 Å². The summed E-state index contributed by atoms with van der Waals surface area (Å²) in [6.45, 7) is 0. The van der Waals surface area contributed by atoms with Gasteiger partial charge in [-0.05, 0) is 56.6 Å². The van der Waals surface area contributed by atoms with Crippen LogP contribution in [0, 0.1) is 10.1 Å². The standard InChI is InChI=1S/C16H9NO2.C12H10S2/c18-17(19)14-8-12-6-4-10-2-1-3-11-5-7-13(9-14)16(12)15(10)11;1-3-7-11(8-4-1)13-14-12-9-5-2-6-10-12/h1-9H;1-10H. The molecule has 5 heteroatoms. The zero-order valence-electron chi connectivity index (χ0n) is 17.5. The average molecular weight is 466 g/mol. The molecule has 0 bridgehead atoms. The first-order valence-electron chi connectivity index (χ1n) is 10.5. The summed E-state index contributed by atoms with van der Waals surface area (Å²) in [6.07, 6.45) is 0. The molecular weight excluding hydrogens is 446 g/mol. The van der Waals surface area contributed by atoms with Crippen molar-refractivity contribution in [2.24, 2.45) is 0 Å². The molecule has 0 aliphatic heterocycles. The van der Waals surface area contributed by atoms with Gasteiger partial charge in [-0.15, -0.1) is 0 Å². The molecule has 0 atom stereocenters. The maximum atomic E-state index is 11.0. The molecule has 6 aromatic carbocycles. The van der Waals surface area contributed by atoms with Crippen molar-refractivity contribution in [2.75, 3.05) is 0 Å². The van der Waals surface area contributed by atoms with Gasteiger partial charge in [0.1, 0.15) is 0 Å². The topological polar surface area (TPSA) is 43.1 Å². The fraction of sp³-hybridized carbons (Fsp3) is 0. The van der Waals surface area contributed by atoms with Crippen molar-refractivity contribution < 1.29 is 4.92 Å². The summed E-state index contributed by atoms with van der Waals surface area (Å²) in [4.78, 5) is 13.2. The first-order chi connectivity index (χ1) is 16.2. The number of nitro benzene ring substituents is 1. The Balaban J connectivity index is 0.000000146. The molecule has 160 valence electrons. The molecule has 0 radical (unpaired) electrons. The molecule has 0 N–H and O–H groups in total. The molecule has 0 amide bonds. The van der Waals surface area contributed by atoms with Crippen LogP contribution in [0.15, 0.2) is 125 Å². The molecule has 6 aromatic rings. The lowest BCUT2D eigenvalue weighted by atomic mass is 9.94. The highest BCUT2D eigenvalue weighted by Gasteiger charge is 2.13. The maximum Gasteiger partial charge on any atom is 0.270 e. The summed E-state index contributed by atoms with van der Waals surface area (Å²) in [5.74, 6) is 0. The lowest BCUT2D eigenvalue weighted by molar-refractivity contribution is -0.384. The minimum absolute atomic E-state index is 0.144. The predicted octanol–water partition coefficient (Wildman–Crippen LogP) is 8.98. The molecule has 0 saturated heterocycles. The number of nitrogens with zero attached hydrogens (tertiary/aromatic N) is 1. The van der Waals surface area contributed by atoms with Crippen molar-refractivity contribution in [3.63, 3.8) is 0 Å². The summed E-state index contributed by atoms with van der Waals surface area (Å²) in [6, 6.07) is 38.3. The van der Waals surface area contributed by atoms with Crippen LogP contribution in [0.3, 0.4) is 0 Å². The average Bonchev–Trinajstić information content (AvgIpc) is 2.87. The molecule has 33 heavy (non-hydrogen) atoms. The van der Waals surface area contributed by atoms with E-state index in [0.717, 1.165) is 16.2 Å². The highest BCUT2D eigenvalue weighted by atomic mass is 33.1. The quantitative estimate of drug-likeness (QED) is 0.113. The van der Waals surface area contributed by atoms with Crippen LogP contribution in [0.1, 0.15) is 0 Å². The molecule has 0 saturated carbocycles. The van der Waals surface area contributed by atoms with Crippen molar-refractivity contribution in [1.82, 2.24) is 0 Å². The zero-order valence-corrected chi connectivity index (χ0v) is 19.2. The number of nitro groups is 1. The van der Waals surface area contributed by atoms with Crippen molar-refractivity contribution >= 4 is 59.6 Å². The van der Waals surface area contributed by atoms with Crippen LogP contribution >= 0.6 is 21.6 Å². The van der Waals surface area contributed by atoms with Crippen LogP contribution in [0.4, 0.5) is 5.69 Å². The van der Waals surface area contributed by atoms with Crippen LogP contribution in [-0.4, -0.2) is 4.92 Å². The number of hydrogen-bond donors (Lipinski definition) is 0. The van der Waals surface area contributed by atoms with Crippen molar-refractivity contribution in [3.8, 4) is 0 Å². The summed E-state index contributed by atoms with van der Waals surface area (Å²) in [5, 5.41) is 17.5. The van der Waals surface area contributed by atoms with Gasteiger partial charge >= 0.3 is 0 Å². The Bertz CT molecular complexity index is 1430. The van der Waals surface area contributed by atoms with Crippen molar-refractivity contribution in [2.45, 2.75) is 9.79 Å². The molecule has 0 unspecified atom stereocenters. The fourth-order valence-corrected chi connectivity index (χ4v) is 5.86. The van der Waals surface area contributed by atoms with Crippen LogP contribution in [0.25, 0.3) is 32.3 Å². The Morgan fingerprint density at radius 3 is 1.39 bits per heavy atom. The van der Waals surface area contributed by atoms with E-state index in [0.29, 0.717) is 0 Å². The van der Waals surface area contributed by atoms with Gasteiger partial charge in [0.25, 0.3) is 5.69 Å². The molecule has 0 aliphatic carbocycles. The first kappa shape index (κ1) is 21.3. The Hall–Kier alpha value is -3.54. The third-order valence-corrected chi connectivity index (χ3v) is 7.80. The Morgan fingerprint density at radius 1 is 0.515 bits per heavy atom. The van der Waals surface area contributed by atoms with Crippen LogP contribution in [0.5, 0.6) is 0 Å². The van der Waals surface area contributed by atoms with Crippen molar-refractivity contribution in [3.05, 3.63) is 125 Å². The third kappa shape index (κ3) is 4.65. The predicted molar refractivity (Wildman–Crippen MR) is 141 cm³/mol. The minimum Gasteiger partial charge on any atom is -0.258 e. The molecular formula is C28H19NO2S2. The van der Waals surface area contributed by atoms with Crippen molar-refractivity contribution in [1.29, 1.82) is 0 Å². The van der Waals surface area contributed by atoms with E-state index in [1.54, 1.807) is 33.7 Å². The van der Waals surface area contributed by atoms with Gasteiger partial charge in [0, 0.05) is 21.9 Å². The number of rotatable bonds is 4. The van der Waals surface area contributed by atoms with E-state index < -0.39 is 0 Å². The van der Waals surface area contributed by atoms with Gasteiger partial charge in [-0.1, -0.05) is 100 Å². The van der Waals surface area contributed by atoms with E-state index in [9.17, 15) is 10.1 Å². The van der Waals surface area contributed by atoms with E-state index in [1.165, 1.54) is 25.9 Å². The molecule has 3 nitrogen and oxygen atoms in total. The zero-order chi connectivity index (χ0) is 22.6. The molecule has 0 heterocycles. The summed E-state index contributed by atoms with van der Waals surface area (Å²) >= 11 is 0. The van der Waals surface area contributed by atoms with E-state index in [2.05, 4.69) is 60.7 Å². The van der Waals surface area contributed by atoms with Gasteiger partial charge < -0.3 is 0 Å². The number of non-ortho nitro benzene ring substituents is 1. The largest absolute Gasteiger partial charge is 0.270 e. The fourth-order valence-electron chi connectivity index (χ4n) is 3.89. The maximum absolute atomic E-state index is 11.0. The smallest absolute Gasteiger partial charge is 0.258 e. The second kappa shape index (κ2) is 9.53. The van der Waals surface area contributed by atoms with Crippen LogP contribution < -0.4 is 0 Å². The van der Waals surface area contributed by atoms with Gasteiger partial charge in [-0.25, -0.2) is 0 Å². The van der Waals surface area contributed by atoms with Gasteiger partial charge in [-0.2, -0.15) is 0 Å². The Labute approximate surface area is 199 Å². The van der Waals surface area contributed by atoms with Gasteiger partial charge in [0.2, 0.25) is 0 Å². The monoisotopic (exact) mass is 465 g/mol. The van der Waals surface area contributed by atoms with Gasteiger partial charge in [0.05, 0.1) is 4.92 Å². The second-order valence-electron chi connectivity index (χ2n) is 7.53. The Kier molecular flexibility index (Phi) is 6.15.